The van der Waals surface area contributed by atoms with Gasteiger partial charge in [0.05, 0.1) is 6.04 Å². The summed E-state index contributed by atoms with van der Waals surface area (Å²) in [6.07, 6.45) is 0. The van der Waals surface area contributed by atoms with E-state index in [4.69, 9.17) is 11.5 Å². The molecule has 16 heavy (non-hydrogen) atoms. The first-order valence-corrected chi connectivity index (χ1v) is 4.92. The predicted molar refractivity (Wildman–Crippen MR) is 60.2 cm³/mol. The summed E-state index contributed by atoms with van der Waals surface area (Å²) in [6, 6.07) is 7.28. The third-order valence-electron chi connectivity index (χ3n) is 2.12. The van der Waals surface area contributed by atoms with Crippen molar-refractivity contribution >= 4 is 11.8 Å². The Morgan fingerprint density at radius 3 is 2.25 bits per heavy atom. The summed E-state index contributed by atoms with van der Waals surface area (Å²) in [5, 5.41) is 2.49. The number of nitrogens with two attached hydrogens (primary N) is 2. The SMILES string of the molecule is CC(N)C(=O)NC(C(N)=O)c1ccccc1. The van der Waals surface area contributed by atoms with Gasteiger partial charge in [-0.05, 0) is 12.5 Å². The first-order valence-electron chi connectivity index (χ1n) is 4.92. The number of primary amides is 1. The first kappa shape index (κ1) is 12.2. The summed E-state index contributed by atoms with van der Waals surface area (Å²) < 4.78 is 0. The van der Waals surface area contributed by atoms with E-state index in [-0.39, 0.29) is 0 Å². The quantitative estimate of drug-likeness (QED) is 0.649. The van der Waals surface area contributed by atoms with Gasteiger partial charge in [0.1, 0.15) is 6.04 Å². The van der Waals surface area contributed by atoms with Gasteiger partial charge in [-0.1, -0.05) is 30.3 Å². The van der Waals surface area contributed by atoms with Crippen LogP contribution in [0.1, 0.15) is 18.5 Å². The minimum atomic E-state index is -0.834. The van der Waals surface area contributed by atoms with Gasteiger partial charge < -0.3 is 16.8 Å². The van der Waals surface area contributed by atoms with Crippen LogP contribution in [0.2, 0.25) is 0 Å². The molecular formula is C11H15N3O2. The van der Waals surface area contributed by atoms with Crippen molar-refractivity contribution in [2.75, 3.05) is 0 Å². The Morgan fingerprint density at radius 1 is 1.25 bits per heavy atom. The molecule has 86 valence electrons. The van der Waals surface area contributed by atoms with Gasteiger partial charge in [-0.25, -0.2) is 0 Å². The second-order valence-corrected chi connectivity index (χ2v) is 3.54. The van der Waals surface area contributed by atoms with Crippen LogP contribution in [0.3, 0.4) is 0 Å². The number of nitrogens with one attached hydrogen (secondary N) is 1. The highest BCUT2D eigenvalue weighted by molar-refractivity contribution is 5.89. The molecule has 0 aliphatic carbocycles. The smallest absolute Gasteiger partial charge is 0.244 e. The lowest BCUT2D eigenvalue weighted by Gasteiger charge is -2.17. The molecule has 0 saturated carbocycles. The second kappa shape index (κ2) is 5.27. The Morgan fingerprint density at radius 2 is 1.81 bits per heavy atom. The van der Waals surface area contributed by atoms with Crippen molar-refractivity contribution in [2.45, 2.75) is 19.0 Å². The lowest BCUT2D eigenvalue weighted by molar-refractivity contribution is -0.128. The van der Waals surface area contributed by atoms with Crippen molar-refractivity contribution in [2.24, 2.45) is 11.5 Å². The lowest BCUT2D eigenvalue weighted by Crippen LogP contribution is -2.44. The van der Waals surface area contributed by atoms with Gasteiger partial charge in [-0.2, -0.15) is 0 Å². The van der Waals surface area contributed by atoms with Crippen LogP contribution in [0.5, 0.6) is 0 Å². The van der Waals surface area contributed by atoms with Gasteiger partial charge in [0, 0.05) is 0 Å². The fourth-order valence-electron chi connectivity index (χ4n) is 1.24. The average Bonchev–Trinajstić information content (AvgIpc) is 2.26. The Hall–Kier alpha value is -1.88. The molecule has 0 aliphatic rings. The van der Waals surface area contributed by atoms with Crippen LogP contribution in [-0.2, 0) is 9.59 Å². The van der Waals surface area contributed by atoms with E-state index >= 15 is 0 Å². The molecule has 0 bridgehead atoms. The molecule has 1 aromatic rings. The lowest BCUT2D eigenvalue weighted by atomic mass is 10.1. The highest BCUT2D eigenvalue weighted by atomic mass is 16.2. The van der Waals surface area contributed by atoms with Gasteiger partial charge in [-0.15, -0.1) is 0 Å². The maximum Gasteiger partial charge on any atom is 0.244 e. The van der Waals surface area contributed by atoms with E-state index in [0.29, 0.717) is 5.56 Å². The third kappa shape index (κ3) is 3.06. The average molecular weight is 221 g/mol. The third-order valence-corrected chi connectivity index (χ3v) is 2.12. The molecule has 0 saturated heterocycles. The molecule has 5 N–H and O–H groups in total. The minimum Gasteiger partial charge on any atom is -0.368 e. The number of rotatable bonds is 4. The van der Waals surface area contributed by atoms with Crippen molar-refractivity contribution in [1.29, 1.82) is 0 Å². The molecule has 2 amide bonds. The van der Waals surface area contributed by atoms with E-state index in [2.05, 4.69) is 5.32 Å². The van der Waals surface area contributed by atoms with E-state index in [1.807, 2.05) is 6.07 Å². The highest BCUT2D eigenvalue weighted by Gasteiger charge is 2.21. The zero-order valence-electron chi connectivity index (χ0n) is 9.01. The van der Waals surface area contributed by atoms with Gasteiger partial charge in [0.2, 0.25) is 11.8 Å². The molecule has 2 unspecified atom stereocenters. The summed E-state index contributed by atoms with van der Waals surface area (Å²) in [6.45, 7) is 1.54. The minimum absolute atomic E-state index is 0.410. The van der Waals surface area contributed by atoms with Crippen LogP contribution in [-0.4, -0.2) is 17.9 Å². The number of carbonyl (C=O) groups excluding carboxylic acids is 2. The summed E-state index contributed by atoms with van der Waals surface area (Å²) in [5.41, 5.74) is 11.3. The van der Waals surface area contributed by atoms with Crippen molar-refractivity contribution in [1.82, 2.24) is 5.32 Å². The fourth-order valence-corrected chi connectivity index (χ4v) is 1.24. The number of carbonyl (C=O) groups is 2. The van der Waals surface area contributed by atoms with Crippen LogP contribution >= 0.6 is 0 Å². The Balaban J connectivity index is 2.85. The topological polar surface area (TPSA) is 98.2 Å². The van der Waals surface area contributed by atoms with Crippen LogP contribution in [0, 0.1) is 0 Å². The molecule has 0 spiro atoms. The van der Waals surface area contributed by atoms with E-state index in [1.54, 1.807) is 31.2 Å². The van der Waals surface area contributed by atoms with Crippen LogP contribution < -0.4 is 16.8 Å². The Labute approximate surface area is 93.8 Å². The summed E-state index contributed by atoms with van der Waals surface area (Å²) >= 11 is 0. The molecule has 1 rings (SSSR count). The molecule has 2 atom stereocenters. The van der Waals surface area contributed by atoms with Gasteiger partial charge in [-0.3, -0.25) is 9.59 Å². The van der Waals surface area contributed by atoms with Gasteiger partial charge >= 0.3 is 0 Å². The molecule has 5 nitrogen and oxygen atoms in total. The summed E-state index contributed by atoms with van der Waals surface area (Å²) in [4.78, 5) is 22.6. The van der Waals surface area contributed by atoms with Crippen molar-refractivity contribution < 1.29 is 9.59 Å². The van der Waals surface area contributed by atoms with E-state index < -0.39 is 23.9 Å². The zero-order chi connectivity index (χ0) is 12.1. The fraction of sp³-hybridized carbons (Fsp3) is 0.273. The number of amides is 2. The molecule has 5 heteroatoms. The van der Waals surface area contributed by atoms with Crippen LogP contribution in [0.15, 0.2) is 30.3 Å². The Kier molecular flexibility index (Phi) is 4.02. The largest absolute Gasteiger partial charge is 0.368 e. The molecule has 0 aromatic heterocycles. The van der Waals surface area contributed by atoms with Crippen molar-refractivity contribution in [3.05, 3.63) is 35.9 Å². The number of benzene rings is 1. The second-order valence-electron chi connectivity index (χ2n) is 3.54. The molecular weight excluding hydrogens is 206 g/mol. The van der Waals surface area contributed by atoms with E-state index in [9.17, 15) is 9.59 Å². The highest BCUT2D eigenvalue weighted by Crippen LogP contribution is 2.11. The van der Waals surface area contributed by atoms with Crippen LogP contribution in [0.25, 0.3) is 0 Å². The maximum absolute atomic E-state index is 11.4. The summed E-state index contributed by atoms with van der Waals surface area (Å²) in [7, 11) is 0. The van der Waals surface area contributed by atoms with E-state index in [1.165, 1.54) is 0 Å². The summed E-state index contributed by atoms with van der Waals surface area (Å²) in [5.74, 6) is -1.02. The van der Waals surface area contributed by atoms with Gasteiger partial charge in [0.15, 0.2) is 0 Å². The monoisotopic (exact) mass is 221 g/mol. The Bertz CT molecular complexity index is 376. The van der Waals surface area contributed by atoms with Crippen molar-refractivity contribution in [3.8, 4) is 0 Å². The normalized spacial score (nSPS) is 13.9. The molecule has 0 radical (unpaired) electrons. The molecule has 0 fully saturated rings. The maximum atomic E-state index is 11.4. The number of hydrogen-bond acceptors (Lipinski definition) is 3. The molecule has 0 aliphatic heterocycles. The zero-order valence-corrected chi connectivity index (χ0v) is 9.01. The number of hydrogen-bond donors (Lipinski definition) is 3. The standard InChI is InChI=1S/C11H15N3O2/c1-7(12)11(16)14-9(10(13)15)8-5-3-2-4-6-8/h2-7,9H,12H2,1H3,(H2,13,15)(H,14,16). The molecule has 0 heterocycles. The predicted octanol–water partition coefficient (Wildman–Crippen LogP) is -0.324. The van der Waals surface area contributed by atoms with E-state index in [0.717, 1.165) is 0 Å². The first-order chi connectivity index (χ1) is 7.52. The molecule has 1 aromatic carbocycles. The van der Waals surface area contributed by atoms with Crippen LogP contribution in [0.4, 0.5) is 0 Å². The van der Waals surface area contributed by atoms with Gasteiger partial charge in [0.25, 0.3) is 0 Å². The van der Waals surface area contributed by atoms with Crippen molar-refractivity contribution in [3.63, 3.8) is 0 Å².